The summed E-state index contributed by atoms with van der Waals surface area (Å²) in [6.07, 6.45) is 4.50. The van der Waals surface area contributed by atoms with Gasteiger partial charge in [0, 0.05) is 19.2 Å². The molecule has 0 amide bonds. The summed E-state index contributed by atoms with van der Waals surface area (Å²) in [6.45, 7) is 3.53. The number of non-ortho nitro benzene ring substituents is 1. The first-order valence-electron chi connectivity index (χ1n) is 7.89. The molecule has 1 aliphatic rings. The van der Waals surface area contributed by atoms with Gasteiger partial charge in [-0.05, 0) is 18.1 Å². The molecule has 1 N–H and O–H groups in total. The molecule has 10 nitrogen and oxygen atoms in total. The molecule has 27 heavy (non-hydrogen) atoms. The molecule has 3 rings (SSSR count). The van der Waals surface area contributed by atoms with E-state index in [0.29, 0.717) is 11.8 Å². The summed E-state index contributed by atoms with van der Waals surface area (Å²) >= 11 is 0. The van der Waals surface area contributed by atoms with Gasteiger partial charge in [-0.2, -0.15) is 5.10 Å². The lowest BCUT2D eigenvalue weighted by Gasteiger charge is -2.14. The van der Waals surface area contributed by atoms with Crippen LogP contribution in [0.2, 0.25) is 0 Å². The van der Waals surface area contributed by atoms with Crippen LogP contribution in [0.5, 0.6) is 5.75 Å². The van der Waals surface area contributed by atoms with E-state index in [0.717, 1.165) is 12.1 Å². The number of allylic oxidation sites excluding steroid dienone is 1. The van der Waals surface area contributed by atoms with E-state index in [1.54, 1.807) is 19.2 Å². The molecule has 1 aromatic carbocycles. The Balaban J connectivity index is 1.87. The number of aliphatic imine (C=N–C) groups is 1. The number of benzene rings is 1. The third kappa shape index (κ3) is 4.32. The summed E-state index contributed by atoms with van der Waals surface area (Å²) in [4.78, 5) is 14.1. The van der Waals surface area contributed by atoms with Crippen molar-refractivity contribution in [2.45, 2.75) is 19.8 Å². The number of aryl methyl sites for hydroxylation is 1. The van der Waals surface area contributed by atoms with E-state index in [2.05, 4.69) is 25.7 Å². The van der Waals surface area contributed by atoms with Crippen LogP contribution in [0.3, 0.4) is 0 Å². The van der Waals surface area contributed by atoms with Crippen molar-refractivity contribution in [3.63, 3.8) is 0 Å². The van der Waals surface area contributed by atoms with Gasteiger partial charge in [0.25, 0.3) is 5.69 Å². The first-order valence-corrected chi connectivity index (χ1v) is 7.89. The average molecular weight is 374 g/mol. The zero-order valence-electron chi connectivity index (χ0n) is 14.4. The van der Waals surface area contributed by atoms with Gasteiger partial charge in [0.15, 0.2) is 11.6 Å². The summed E-state index contributed by atoms with van der Waals surface area (Å²) in [7, 11) is 0. The fourth-order valence-electron chi connectivity index (χ4n) is 2.35. The maximum absolute atomic E-state index is 14.1. The van der Waals surface area contributed by atoms with Crippen LogP contribution in [0, 0.1) is 28.8 Å². The molecule has 2 heterocycles. The van der Waals surface area contributed by atoms with Crippen LogP contribution >= 0.6 is 0 Å². The summed E-state index contributed by atoms with van der Waals surface area (Å²) in [6, 6.07) is 3.10. The highest BCUT2D eigenvalue weighted by Crippen LogP contribution is 2.28. The Hall–Kier alpha value is -3.63. The number of nitro benzene ring substituents is 1. The summed E-state index contributed by atoms with van der Waals surface area (Å²) < 4.78 is 25.0. The van der Waals surface area contributed by atoms with E-state index in [1.165, 1.54) is 12.4 Å². The zero-order chi connectivity index (χ0) is 19.4. The number of aromatic nitrogens is 2. The number of hydrazone groups is 1. The Kier molecular flexibility index (Phi) is 5.20. The second-order valence-electron chi connectivity index (χ2n) is 5.69. The molecule has 0 bridgehead atoms. The largest absolute Gasteiger partial charge is 0.436 e. The predicted octanol–water partition coefficient (Wildman–Crippen LogP) is 2.68. The zero-order valence-corrected chi connectivity index (χ0v) is 14.4. The van der Waals surface area contributed by atoms with Crippen molar-refractivity contribution in [3.05, 3.63) is 57.9 Å². The topological polar surface area (TPSA) is 128 Å². The lowest BCUT2D eigenvalue weighted by molar-refractivity contribution is -0.385. The van der Waals surface area contributed by atoms with E-state index in [1.807, 2.05) is 6.92 Å². The van der Waals surface area contributed by atoms with E-state index in [4.69, 9.17) is 9.15 Å². The number of rotatable bonds is 4. The molecule has 11 heteroatoms. The molecule has 0 saturated carbocycles. The average Bonchev–Trinajstić information content (AvgIpc) is 3.07. The molecular weight excluding hydrogens is 359 g/mol. The van der Waals surface area contributed by atoms with Crippen molar-refractivity contribution < 1.29 is 18.5 Å². The fraction of sp³-hybridized carbons (Fsp3) is 0.250. The molecule has 1 aliphatic heterocycles. The van der Waals surface area contributed by atoms with E-state index < -0.39 is 10.7 Å². The fourth-order valence-corrected chi connectivity index (χ4v) is 2.35. The standard InChI is InChI=1S/C16H15FN6O4/c1-9-5-15(27-14-4-3-11(23(24)25)6-13(14)17)18-8-20-19-7-12(9)16-22-21-10(2)26-16/h3-9,12H,1-2H3,(H,18,20). The molecule has 2 unspecified atom stereocenters. The summed E-state index contributed by atoms with van der Waals surface area (Å²) in [5, 5.41) is 22.5. The first kappa shape index (κ1) is 18.2. The maximum atomic E-state index is 14.1. The van der Waals surface area contributed by atoms with Crippen molar-refractivity contribution in [2.75, 3.05) is 0 Å². The van der Waals surface area contributed by atoms with Gasteiger partial charge >= 0.3 is 0 Å². The van der Waals surface area contributed by atoms with Crippen LogP contribution in [0.15, 0.2) is 44.7 Å². The Labute approximate surface area is 152 Å². The molecule has 2 atom stereocenters. The molecule has 0 radical (unpaired) electrons. The minimum absolute atomic E-state index is 0.0782. The van der Waals surface area contributed by atoms with Crippen molar-refractivity contribution in [1.82, 2.24) is 15.6 Å². The van der Waals surface area contributed by atoms with Gasteiger partial charge in [0.05, 0.1) is 16.9 Å². The second kappa shape index (κ2) is 7.72. The van der Waals surface area contributed by atoms with Gasteiger partial charge in [0.1, 0.15) is 6.34 Å². The number of halogens is 1. The van der Waals surface area contributed by atoms with Gasteiger partial charge < -0.3 is 9.15 Å². The number of ether oxygens (including phenoxy) is 1. The second-order valence-corrected chi connectivity index (χ2v) is 5.69. The molecule has 0 fully saturated rings. The monoisotopic (exact) mass is 374 g/mol. The molecule has 2 aromatic rings. The van der Waals surface area contributed by atoms with Gasteiger partial charge in [-0.3, -0.25) is 15.5 Å². The lowest BCUT2D eigenvalue weighted by Crippen LogP contribution is -2.12. The van der Waals surface area contributed by atoms with Gasteiger partial charge in [-0.1, -0.05) is 6.92 Å². The summed E-state index contributed by atoms with van der Waals surface area (Å²) in [5.74, 6) is -0.799. The Morgan fingerprint density at radius 3 is 2.85 bits per heavy atom. The van der Waals surface area contributed by atoms with Gasteiger partial charge in [-0.25, -0.2) is 9.38 Å². The van der Waals surface area contributed by atoms with Gasteiger partial charge in [-0.15, -0.1) is 10.2 Å². The van der Waals surface area contributed by atoms with E-state index in [-0.39, 0.29) is 29.2 Å². The molecule has 140 valence electrons. The van der Waals surface area contributed by atoms with Crippen LogP contribution in [-0.2, 0) is 0 Å². The van der Waals surface area contributed by atoms with Crippen molar-refractivity contribution >= 4 is 18.2 Å². The van der Waals surface area contributed by atoms with Crippen LogP contribution in [0.4, 0.5) is 10.1 Å². The van der Waals surface area contributed by atoms with Crippen LogP contribution < -0.4 is 10.2 Å². The Morgan fingerprint density at radius 1 is 1.37 bits per heavy atom. The normalized spacial score (nSPS) is 19.4. The minimum atomic E-state index is -0.874. The molecule has 1 aromatic heterocycles. The Morgan fingerprint density at radius 2 is 2.19 bits per heavy atom. The van der Waals surface area contributed by atoms with Crippen molar-refractivity contribution in [2.24, 2.45) is 16.0 Å². The number of nitrogens with one attached hydrogen (secondary N) is 1. The van der Waals surface area contributed by atoms with Crippen molar-refractivity contribution in [3.8, 4) is 5.75 Å². The Bertz CT molecular complexity index is 939. The highest BCUT2D eigenvalue weighted by atomic mass is 19.1. The number of nitro groups is 1. The summed E-state index contributed by atoms with van der Waals surface area (Å²) in [5.41, 5.74) is 2.22. The molecule has 0 spiro atoms. The quantitative estimate of drug-likeness (QED) is 0.643. The maximum Gasteiger partial charge on any atom is 0.272 e. The SMILES string of the molecule is Cc1nnc(C2C=NNC=NC(Oc3ccc([N+](=O)[O-])cc3F)=CC2C)o1. The van der Waals surface area contributed by atoms with Crippen LogP contribution in [-0.4, -0.2) is 27.7 Å². The molecule has 0 aliphatic carbocycles. The third-order valence-electron chi connectivity index (χ3n) is 3.70. The highest BCUT2D eigenvalue weighted by Gasteiger charge is 2.24. The molecule has 0 saturated heterocycles. The third-order valence-corrected chi connectivity index (χ3v) is 3.70. The first-order chi connectivity index (χ1) is 12.9. The van der Waals surface area contributed by atoms with E-state index in [9.17, 15) is 14.5 Å². The molecular formula is C16H15FN6O4. The lowest BCUT2D eigenvalue weighted by atomic mass is 9.95. The smallest absolute Gasteiger partial charge is 0.272 e. The predicted molar refractivity (Wildman–Crippen MR) is 92.8 cm³/mol. The van der Waals surface area contributed by atoms with Crippen LogP contribution in [0.25, 0.3) is 0 Å². The minimum Gasteiger partial charge on any atom is -0.436 e. The van der Waals surface area contributed by atoms with Gasteiger partial charge in [0.2, 0.25) is 17.7 Å². The number of hydrogen-bond acceptors (Lipinski definition) is 9. The van der Waals surface area contributed by atoms with E-state index >= 15 is 0 Å². The van der Waals surface area contributed by atoms with Crippen molar-refractivity contribution in [1.29, 1.82) is 0 Å². The number of nitrogens with zero attached hydrogens (tertiary/aromatic N) is 5. The van der Waals surface area contributed by atoms with Crippen LogP contribution in [0.1, 0.15) is 24.6 Å². The highest BCUT2D eigenvalue weighted by molar-refractivity contribution is 5.69. The number of hydrogen-bond donors (Lipinski definition) is 1.